The molecule has 3 N–H and O–H groups in total. The Morgan fingerprint density at radius 2 is 2.13 bits per heavy atom. The van der Waals surface area contributed by atoms with Gasteiger partial charge in [-0.3, -0.25) is 4.79 Å². The predicted octanol–water partition coefficient (Wildman–Crippen LogP) is -0.229. The third kappa shape index (κ3) is 1.99. The van der Waals surface area contributed by atoms with E-state index in [4.69, 9.17) is 4.42 Å². The summed E-state index contributed by atoms with van der Waals surface area (Å²) in [5, 5.41) is 31.6. The normalized spacial score (nSPS) is 17.0. The first-order valence-corrected chi connectivity index (χ1v) is 7.38. The molecule has 0 saturated heterocycles. The van der Waals surface area contributed by atoms with E-state index in [0.29, 0.717) is 33.4 Å². The number of rotatable bonds is 2. The molecule has 1 atom stereocenters. The van der Waals surface area contributed by atoms with Gasteiger partial charge in [0.25, 0.3) is 0 Å². The molecule has 6 nitrogen and oxygen atoms in total. The molecule has 6 heteroatoms. The van der Waals surface area contributed by atoms with Gasteiger partial charge in [0.1, 0.15) is 11.0 Å². The molecule has 1 aliphatic carbocycles. The summed E-state index contributed by atoms with van der Waals surface area (Å²) in [5.74, 6) is -0.197. The fourth-order valence-electron chi connectivity index (χ4n) is 3.16. The summed E-state index contributed by atoms with van der Waals surface area (Å²) >= 11 is 0. The average Bonchev–Trinajstić information content (AvgIpc) is 2.53. The Kier molecular flexibility index (Phi) is 3.04. The van der Waals surface area contributed by atoms with Crippen molar-refractivity contribution < 1.29 is 19.7 Å². The Hall–Kier alpha value is -2.57. The zero-order valence-electron chi connectivity index (χ0n) is 12.2. The van der Waals surface area contributed by atoms with Crippen molar-refractivity contribution in [2.75, 3.05) is 6.61 Å². The van der Waals surface area contributed by atoms with Gasteiger partial charge in [-0.1, -0.05) is 0 Å². The lowest BCUT2D eigenvalue weighted by molar-refractivity contribution is 0.243. The highest BCUT2D eigenvalue weighted by Crippen LogP contribution is 2.28. The molecule has 0 saturated carbocycles. The minimum absolute atomic E-state index is 0.161. The lowest BCUT2D eigenvalue weighted by atomic mass is 10.0. The number of aliphatic hydroxyl groups is 2. The molecule has 2 aromatic heterocycles. The van der Waals surface area contributed by atoms with Crippen LogP contribution in [0, 0.1) is 0 Å². The molecule has 0 spiro atoms. The number of hydrogen-bond acceptors (Lipinski definition) is 5. The van der Waals surface area contributed by atoms with Crippen LogP contribution in [0.4, 0.5) is 0 Å². The summed E-state index contributed by atoms with van der Waals surface area (Å²) in [6.07, 6.45) is 5.01. The van der Waals surface area contributed by atoms with Gasteiger partial charge < -0.3 is 24.3 Å². The largest absolute Gasteiger partial charge is 0.494 e. The van der Waals surface area contributed by atoms with Gasteiger partial charge in [-0.15, -0.1) is 0 Å². The number of aliphatic hydroxyl groups excluding tert-OH is 2. The summed E-state index contributed by atoms with van der Waals surface area (Å²) in [4.78, 5) is 12.3. The smallest absolute Gasteiger partial charge is 0.203 e. The van der Waals surface area contributed by atoms with Gasteiger partial charge in [0, 0.05) is 28.7 Å². The van der Waals surface area contributed by atoms with E-state index in [0.717, 1.165) is 0 Å². The van der Waals surface area contributed by atoms with E-state index in [9.17, 15) is 20.1 Å². The van der Waals surface area contributed by atoms with E-state index >= 15 is 0 Å². The lowest BCUT2D eigenvalue weighted by Crippen LogP contribution is -2.32. The zero-order valence-corrected chi connectivity index (χ0v) is 12.2. The Labute approximate surface area is 129 Å². The quantitative estimate of drug-likeness (QED) is 0.607. The van der Waals surface area contributed by atoms with Crippen LogP contribution in [-0.4, -0.2) is 32.6 Å². The van der Waals surface area contributed by atoms with Gasteiger partial charge in [0.2, 0.25) is 5.88 Å². The van der Waals surface area contributed by atoms with Crippen LogP contribution in [0.15, 0.2) is 27.5 Å². The van der Waals surface area contributed by atoms with Crippen LogP contribution >= 0.6 is 0 Å². The summed E-state index contributed by atoms with van der Waals surface area (Å²) in [6.45, 7) is -0.00783. The highest BCUT2D eigenvalue weighted by Gasteiger charge is 2.17. The van der Waals surface area contributed by atoms with Crippen molar-refractivity contribution in [3.63, 3.8) is 0 Å². The number of aromatic hydroxyl groups is 1. The first kappa shape index (κ1) is 14.0. The fourth-order valence-corrected chi connectivity index (χ4v) is 3.16. The van der Waals surface area contributed by atoms with Crippen LogP contribution in [0.5, 0.6) is 5.88 Å². The van der Waals surface area contributed by atoms with Crippen LogP contribution in [0.1, 0.15) is 6.42 Å². The molecule has 0 amide bonds. The molecule has 23 heavy (non-hydrogen) atoms. The summed E-state index contributed by atoms with van der Waals surface area (Å²) in [5.41, 5.74) is 0.813. The maximum absolute atomic E-state index is 12.3. The standard InChI is InChI=1S/C17H15NO5/c19-6-5-18-8-11-10-7-9(20)1-3-13(10)23-14-4-2-12(21)16(15(11)14)17(18)22/h2-4,7-9,19-20,22H,1,5-6H2. The van der Waals surface area contributed by atoms with Gasteiger partial charge in [0.05, 0.1) is 18.1 Å². The van der Waals surface area contributed by atoms with Crippen LogP contribution < -0.4 is 16.1 Å². The minimum Gasteiger partial charge on any atom is -0.494 e. The molecule has 0 bridgehead atoms. The van der Waals surface area contributed by atoms with Crippen molar-refractivity contribution in [1.29, 1.82) is 0 Å². The van der Waals surface area contributed by atoms with Crippen molar-refractivity contribution in [2.24, 2.45) is 0 Å². The summed E-state index contributed by atoms with van der Waals surface area (Å²) < 4.78 is 7.28. The van der Waals surface area contributed by atoms with E-state index in [1.165, 1.54) is 10.6 Å². The first-order valence-electron chi connectivity index (χ1n) is 7.38. The monoisotopic (exact) mass is 313 g/mol. The first-order chi connectivity index (χ1) is 11.1. The van der Waals surface area contributed by atoms with E-state index in [1.807, 2.05) is 6.08 Å². The molecule has 1 unspecified atom stereocenters. The maximum atomic E-state index is 12.3. The van der Waals surface area contributed by atoms with Gasteiger partial charge >= 0.3 is 0 Å². The third-order valence-corrected chi connectivity index (χ3v) is 4.20. The second kappa shape index (κ2) is 4.97. The van der Waals surface area contributed by atoms with E-state index in [1.54, 1.807) is 18.3 Å². The third-order valence-electron chi connectivity index (χ3n) is 4.20. The molecule has 0 fully saturated rings. The highest BCUT2D eigenvalue weighted by atomic mass is 16.3. The molecule has 4 rings (SSSR count). The van der Waals surface area contributed by atoms with Crippen LogP contribution in [0.25, 0.3) is 33.9 Å². The number of benzene rings is 1. The van der Waals surface area contributed by atoms with Crippen molar-refractivity contribution in [3.05, 3.63) is 39.2 Å². The van der Waals surface area contributed by atoms with E-state index < -0.39 is 6.10 Å². The molecule has 1 aromatic carbocycles. The van der Waals surface area contributed by atoms with E-state index in [2.05, 4.69) is 0 Å². The maximum Gasteiger partial charge on any atom is 0.203 e. The van der Waals surface area contributed by atoms with Crippen LogP contribution in [0.3, 0.4) is 0 Å². The minimum atomic E-state index is -0.621. The SMILES string of the molecule is O=c1ccc2oc3c(c4cn(CCO)c(O)c1c24)=CC(O)CC=3. The van der Waals surface area contributed by atoms with Crippen molar-refractivity contribution >= 4 is 33.9 Å². The molecule has 2 heterocycles. The van der Waals surface area contributed by atoms with Gasteiger partial charge in [-0.25, -0.2) is 0 Å². The zero-order chi connectivity index (χ0) is 16.1. The molecule has 118 valence electrons. The van der Waals surface area contributed by atoms with Crippen molar-refractivity contribution in [2.45, 2.75) is 19.1 Å². The molecular weight excluding hydrogens is 298 g/mol. The molecule has 1 aliphatic rings. The highest BCUT2D eigenvalue weighted by molar-refractivity contribution is 6.09. The Bertz CT molecular complexity index is 1110. The Balaban J connectivity index is 2.32. The number of hydrogen-bond donors (Lipinski definition) is 3. The molecular formula is C17H15NO5. The molecule has 3 aromatic rings. The van der Waals surface area contributed by atoms with Crippen LogP contribution in [-0.2, 0) is 6.54 Å². The number of aromatic nitrogens is 1. The fraction of sp³-hybridized carbons (Fsp3) is 0.235. The van der Waals surface area contributed by atoms with Gasteiger partial charge in [0.15, 0.2) is 5.43 Å². The topological polar surface area (TPSA) is 95.8 Å². The second-order valence-corrected chi connectivity index (χ2v) is 5.65. The summed E-state index contributed by atoms with van der Waals surface area (Å²) in [6, 6.07) is 2.95. The van der Waals surface area contributed by atoms with Crippen molar-refractivity contribution in [1.82, 2.24) is 4.57 Å². The number of fused-ring (bicyclic) bond motifs is 2. The average molecular weight is 313 g/mol. The Morgan fingerprint density at radius 3 is 2.91 bits per heavy atom. The van der Waals surface area contributed by atoms with E-state index in [-0.39, 0.29) is 29.8 Å². The predicted molar refractivity (Wildman–Crippen MR) is 85.5 cm³/mol. The Morgan fingerprint density at radius 1 is 1.30 bits per heavy atom. The number of pyridine rings is 1. The van der Waals surface area contributed by atoms with Crippen molar-refractivity contribution in [3.8, 4) is 5.88 Å². The second-order valence-electron chi connectivity index (χ2n) is 5.65. The molecule has 0 aliphatic heterocycles. The molecule has 0 radical (unpaired) electrons. The van der Waals surface area contributed by atoms with Crippen LogP contribution in [0.2, 0.25) is 0 Å². The summed E-state index contributed by atoms with van der Waals surface area (Å²) in [7, 11) is 0. The number of nitrogens with zero attached hydrogens (tertiary/aromatic N) is 1. The van der Waals surface area contributed by atoms with Gasteiger partial charge in [-0.05, 0) is 30.7 Å². The van der Waals surface area contributed by atoms with Gasteiger partial charge in [-0.2, -0.15) is 0 Å². The lowest BCUT2D eigenvalue weighted by Gasteiger charge is -2.15.